The van der Waals surface area contributed by atoms with Gasteiger partial charge in [-0.05, 0) is 24.3 Å². The van der Waals surface area contributed by atoms with Gasteiger partial charge in [-0.25, -0.2) is 4.79 Å². The predicted octanol–water partition coefficient (Wildman–Crippen LogP) is 1.88. The van der Waals surface area contributed by atoms with Gasteiger partial charge in [-0.2, -0.15) is 11.8 Å². The number of benzene rings is 1. The summed E-state index contributed by atoms with van der Waals surface area (Å²) in [5.41, 5.74) is 5.24. The van der Waals surface area contributed by atoms with Crippen molar-refractivity contribution in [2.45, 2.75) is 12.2 Å². The quantitative estimate of drug-likeness (QED) is 0.445. The van der Waals surface area contributed by atoms with E-state index >= 15 is 0 Å². The second kappa shape index (κ2) is 6.97. The summed E-state index contributed by atoms with van der Waals surface area (Å²) in [6.07, 6.45) is 0.835. The highest BCUT2D eigenvalue weighted by molar-refractivity contribution is 7.98. The van der Waals surface area contributed by atoms with E-state index in [-0.39, 0.29) is 11.3 Å². The van der Waals surface area contributed by atoms with Crippen LogP contribution in [0.15, 0.2) is 18.2 Å². The molecule has 1 aromatic rings. The Bertz CT molecular complexity index is 451. The molecule has 1 aromatic carbocycles. The molecule has 98 valence electrons. The largest absolute Gasteiger partial charge is 0.477 e. The molecule has 6 nitrogen and oxygen atoms in total. The van der Waals surface area contributed by atoms with Crippen molar-refractivity contribution in [2.24, 2.45) is 5.73 Å². The average Bonchev–Trinajstić information content (AvgIpc) is 2.33. The third-order valence-corrected chi connectivity index (χ3v) is 3.38. The molecule has 0 aliphatic heterocycles. The summed E-state index contributed by atoms with van der Waals surface area (Å²) >= 11 is 1.52. The van der Waals surface area contributed by atoms with Crippen LogP contribution in [-0.4, -0.2) is 28.3 Å². The summed E-state index contributed by atoms with van der Waals surface area (Å²) in [5, 5.41) is 19.8. The first-order valence-corrected chi connectivity index (χ1v) is 6.50. The number of carboxylic acids is 1. The van der Waals surface area contributed by atoms with Crippen LogP contribution in [0.1, 0.15) is 22.3 Å². The van der Waals surface area contributed by atoms with E-state index in [1.807, 2.05) is 0 Å². The Morgan fingerprint density at radius 3 is 2.78 bits per heavy atom. The maximum atomic E-state index is 11.1. The molecule has 0 amide bonds. The van der Waals surface area contributed by atoms with Crippen LogP contribution < -0.4 is 5.73 Å². The van der Waals surface area contributed by atoms with Crippen molar-refractivity contribution in [3.63, 3.8) is 0 Å². The first-order valence-electron chi connectivity index (χ1n) is 5.35. The Hall–Kier alpha value is -1.60. The summed E-state index contributed by atoms with van der Waals surface area (Å²) in [5.74, 6) is -0.0293. The lowest BCUT2D eigenvalue weighted by molar-refractivity contribution is -0.385. The van der Waals surface area contributed by atoms with Gasteiger partial charge in [0.2, 0.25) is 0 Å². The van der Waals surface area contributed by atoms with Crippen LogP contribution in [0.25, 0.3) is 0 Å². The number of carbonyl (C=O) groups is 1. The first-order chi connectivity index (χ1) is 8.57. The van der Waals surface area contributed by atoms with Crippen molar-refractivity contribution in [3.8, 4) is 0 Å². The molecule has 0 fully saturated rings. The minimum Gasteiger partial charge on any atom is -0.477 e. The third-order valence-electron chi connectivity index (χ3n) is 2.29. The topological polar surface area (TPSA) is 106 Å². The molecule has 0 bridgehead atoms. The van der Waals surface area contributed by atoms with Crippen LogP contribution >= 0.6 is 11.8 Å². The van der Waals surface area contributed by atoms with Gasteiger partial charge in [-0.3, -0.25) is 10.1 Å². The van der Waals surface area contributed by atoms with Crippen molar-refractivity contribution >= 4 is 23.4 Å². The molecular formula is C11H14N2O4S. The Balaban J connectivity index is 2.93. The van der Waals surface area contributed by atoms with E-state index in [0.717, 1.165) is 12.2 Å². The van der Waals surface area contributed by atoms with Crippen LogP contribution in [0.5, 0.6) is 0 Å². The maximum Gasteiger partial charge on any atom is 0.343 e. The lowest BCUT2D eigenvalue weighted by atomic mass is 10.1. The van der Waals surface area contributed by atoms with E-state index in [1.165, 1.54) is 23.9 Å². The minimum absolute atomic E-state index is 0.220. The van der Waals surface area contributed by atoms with E-state index in [0.29, 0.717) is 17.9 Å². The van der Waals surface area contributed by atoms with Gasteiger partial charge in [0.15, 0.2) is 0 Å². The van der Waals surface area contributed by atoms with Crippen molar-refractivity contribution < 1.29 is 14.8 Å². The Labute approximate surface area is 108 Å². The molecule has 0 heterocycles. The fraction of sp³-hybridized carbons (Fsp3) is 0.364. The lowest BCUT2D eigenvalue weighted by Gasteiger charge is -2.06. The van der Waals surface area contributed by atoms with Gasteiger partial charge in [0.25, 0.3) is 5.69 Å². The maximum absolute atomic E-state index is 11.1. The highest BCUT2D eigenvalue weighted by atomic mass is 32.2. The van der Waals surface area contributed by atoms with Crippen molar-refractivity contribution in [1.82, 2.24) is 0 Å². The number of aromatic carboxylic acids is 1. The molecule has 0 spiro atoms. The highest BCUT2D eigenvalue weighted by Crippen LogP contribution is 2.25. The predicted molar refractivity (Wildman–Crippen MR) is 69.9 cm³/mol. The molecule has 0 saturated carbocycles. The van der Waals surface area contributed by atoms with Crippen LogP contribution in [0.3, 0.4) is 0 Å². The molecule has 0 aromatic heterocycles. The van der Waals surface area contributed by atoms with Crippen molar-refractivity contribution in [1.29, 1.82) is 0 Å². The summed E-state index contributed by atoms with van der Waals surface area (Å²) in [7, 11) is 0. The molecule has 0 aliphatic carbocycles. The average molecular weight is 270 g/mol. The number of hydrogen-bond donors (Lipinski definition) is 2. The molecule has 0 radical (unpaired) electrons. The molecule has 0 unspecified atom stereocenters. The van der Waals surface area contributed by atoms with Crippen molar-refractivity contribution in [3.05, 3.63) is 39.4 Å². The standard InChI is InChI=1S/C11H14N2O4S/c12-5-2-6-18-7-8-3-1-4-9(13(16)17)10(8)11(14)15/h1,3-4H,2,5-7,12H2,(H,14,15). The number of nitrogens with two attached hydrogens (primary N) is 1. The normalized spacial score (nSPS) is 10.3. The zero-order chi connectivity index (χ0) is 13.5. The molecular weight excluding hydrogens is 256 g/mol. The van der Waals surface area contributed by atoms with Gasteiger partial charge in [-0.15, -0.1) is 0 Å². The molecule has 0 aliphatic rings. The zero-order valence-corrected chi connectivity index (χ0v) is 10.5. The van der Waals surface area contributed by atoms with E-state index in [2.05, 4.69) is 0 Å². The second-order valence-corrected chi connectivity index (χ2v) is 4.67. The zero-order valence-electron chi connectivity index (χ0n) is 9.67. The van der Waals surface area contributed by atoms with Gasteiger partial charge < -0.3 is 10.8 Å². The van der Waals surface area contributed by atoms with Crippen LogP contribution in [-0.2, 0) is 5.75 Å². The van der Waals surface area contributed by atoms with Gasteiger partial charge >= 0.3 is 5.97 Å². The van der Waals surface area contributed by atoms with E-state index < -0.39 is 10.9 Å². The Morgan fingerprint density at radius 2 is 2.22 bits per heavy atom. The molecule has 1 rings (SSSR count). The summed E-state index contributed by atoms with van der Waals surface area (Å²) in [4.78, 5) is 21.2. The van der Waals surface area contributed by atoms with Gasteiger partial charge in [-0.1, -0.05) is 12.1 Å². The summed E-state index contributed by atoms with van der Waals surface area (Å²) < 4.78 is 0. The summed E-state index contributed by atoms with van der Waals surface area (Å²) in [6.45, 7) is 0.577. The number of nitro benzene ring substituents is 1. The molecule has 7 heteroatoms. The molecule has 3 N–H and O–H groups in total. The SMILES string of the molecule is NCCCSCc1cccc([N+](=O)[O-])c1C(=O)O. The second-order valence-electron chi connectivity index (χ2n) is 3.57. The number of nitrogens with zero attached hydrogens (tertiary/aromatic N) is 1. The lowest BCUT2D eigenvalue weighted by Crippen LogP contribution is -2.07. The first kappa shape index (κ1) is 14.5. The third kappa shape index (κ3) is 3.71. The van der Waals surface area contributed by atoms with Crippen LogP contribution in [0.2, 0.25) is 0 Å². The number of nitro groups is 1. The molecule has 0 atom stereocenters. The number of carboxylic acid groups (broad SMARTS) is 1. The van der Waals surface area contributed by atoms with E-state index in [1.54, 1.807) is 6.07 Å². The molecule has 18 heavy (non-hydrogen) atoms. The number of rotatable bonds is 7. The summed E-state index contributed by atoms with van der Waals surface area (Å²) in [6, 6.07) is 4.31. The van der Waals surface area contributed by atoms with Crippen LogP contribution in [0.4, 0.5) is 5.69 Å². The minimum atomic E-state index is -1.27. The number of hydrogen-bond acceptors (Lipinski definition) is 5. The van der Waals surface area contributed by atoms with Gasteiger partial charge in [0.1, 0.15) is 5.56 Å². The fourth-order valence-corrected chi connectivity index (χ4v) is 2.45. The van der Waals surface area contributed by atoms with Crippen LogP contribution in [0, 0.1) is 10.1 Å². The smallest absolute Gasteiger partial charge is 0.343 e. The fourth-order valence-electron chi connectivity index (χ4n) is 1.47. The van der Waals surface area contributed by atoms with E-state index in [9.17, 15) is 14.9 Å². The molecule has 0 saturated heterocycles. The Morgan fingerprint density at radius 1 is 1.50 bits per heavy atom. The van der Waals surface area contributed by atoms with E-state index in [4.69, 9.17) is 10.8 Å². The Kier molecular flexibility index (Phi) is 5.60. The van der Waals surface area contributed by atoms with Gasteiger partial charge in [0.05, 0.1) is 4.92 Å². The highest BCUT2D eigenvalue weighted by Gasteiger charge is 2.22. The van der Waals surface area contributed by atoms with Gasteiger partial charge in [0, 0.05) is 11.8 Å². The monoisotopic (exact) mass is 270 g/mol. The number of thioether (sulfide) groups is 1. The van der Waals surface area contributed by atoms with Crippen molar-refractivity contribution in [2.75, 3.05) is 12.3 Å².